The second-order valence-corrected chi connectivity index (χ2v) is 5.12. The maximum absolute atomic E-state index is 10.4. The van der Waals surface area contributed by atoms with Crippen LogP contribution < -0.4 is 10.2 Å². The minimum Gasteiger partial charge on any atom is -0.550 e. The number of hydrogen-bond donors (Lipinski definition) is 2. The zero-order valence-electron chi connectivity index (χ0n) is 16.9. The van der Waals surface area contributed by atoms with E-state index in [-0.39, 0.29) is 37.8 Å². The molecule has 8 nitrogen and oxygen atoms in total. The second kappa shape index (κ2) is 32.7. The Kier molecular flexibility index (Phi) is 44.8. The first-order valence-corrected chi connectivity index (χ1v) is 8.81. The third-order valence-corrected chi connectivity index (χ3v) is 2.19. The van der Waals surface area contributed by atoms with Crippen molar-refractivity contribution in [2.45, 2.75) is 79.1 Å². The van der Waals surface area contributed by atoms with Gasteiger partial charge in [-0.1, -0.05) is 27.7 Å². The van der Waals surface area contributed by atoms with Crippen LogP contribution in [0.2, 0.25) is 0 Å². The maximum atomic E-state index is 10.4. The smallest absolute Gasteiger partial charge is 0.550 e. The molecular formula is C18H34O8Zr. The summed E-state index contributed by atoms with van der Waals surface area (Å²) in [5, 5.41) is 35.3. The molecule has 9 heteroatoms. The summed E-state index contributed by atoms with van der Waals surface area (Å²) in [6.45, 7) is 8.15. The second-order valence-electron chi connectivity index (χ2n) is 5.12. The van der Waals surface area contributed by atoms with Crippen LogP contribution in [0.25, 0.3) is 0 Å². The van der Waals surface area contributed by atoms with Crippen molar-refractivity contribution in [3.05, 3.63) is 0 Å². The van der Waals surface area contributed by atoms with E-state index in [1.165, 1.54) is 0 Å². The van der Waals surface area contributed by atoms with Crippen molar-refractivity contribution in [2.24, 2.45) is 0 Å². The molecule has 0 saturated heterocycles. The number of carbonyl (C=O) groups is 4. The number of Topliss-reactive ketones (excluding diaryl/α,β-unsaturated/α-hetero) is 2. The molecule has 0 unspecified atom stereocenters. The van der Waals surface area contributed by atoms with Crippen molar-refractivity contribution in [3.8, 4) is 0 Å². The molecular weight excluding hydrogens is 435 g/mol. The van der Waals surface area contributed by atoms with E-state index in [0.29, 0.717) is 38.9 Å². The van der Waals surface area contributed by atoms with Gasteiger partial charge in [-0.05, 0) is 25.7 Å². The van der Waals surface area contributed by atoms with Crippen LogP contribution in [-0.2, 0) is 45.4 Å². The van der Waals surface area contributed by atoms with Crippen LogP contribution in [0, 0.1) is 0 Å². The summed E-state index contributed by atoms with van der Waals surface area (Å²) in [5.41, 5.74) is 0. The first-order valence-electron chi connectivity index (χ1n) is 8.81. The Morgan fingerprint density at radius 3 is 0.963 bits per heavy atom. The molecule has 0 bridgehead atoms. The van der Waals surface area contributed by atoms with Gasteiger partial charge < -0.3 is 30.0 Å². The summed E-state index contributed by atoms with van der Waals surface area (Å²) in [7, 11) is 0. The number of aliphatic hydroxyl groups is 2. The fourth-order valence-electron chi connectivity index (χ4n) is 1.06. The average Bonchev–Trinajstić information content (AvgIpc) is 2.55. The number of carboxylic acids is 2. The van der Waals surface area contributed by atoms with Crippen molar-refractivity contribution in [2.75, 3.05) is 13.2 Å². The molecule has 0 aromatic rings. The van der Waals surface area contributed by atoms with Gasteiger partial charge in [-0.25, -0.2) is 0 Å². The van der Waals surface area contributed by atoms with Gasteiger partial charge in [-0.2, -0.15) is 0 Å². The third-order valence-electron chi connectivity index (χ3n) is 2.19. The summed E-state index contributed by atoms with van der Waals surface area (Å²) in [5.74, 6) is -3.07. The number of carbonyl (C=O) groups excluding carboxylic acids is 4. The van der Waals surface area contributed by atoms with E-state index in [1.807, 2.05) is 27.7 Å². The van der Waals surface area contributed by atoms with E-state index in [4.69, 9.17) is 10.2 Å². The minimum atomic E-state index is -1.28. The summed E-state index contributed by atoms with van der Waals surface area (Å²) >= 11 is 0. The predicted octanol–water partition coefficient (Wildman–Crippen LogP) is -0.234. The van der Waals surface area contributed by atoms with E-state index < -0.39 is 24.8 Å². The molecule has 0 aromatic heterocycles. The van der Waals surface area contributed by atoms with Gasteiger partial charge >= 0.3 is 26.2 Å². The topological polar surface area (TPSA) is 155 Å². The van der Waals surface area contributed by atoms with Gasteiger partial charge in [0, 0.05) is 50.8 Å². The van der Waals surface area contributed by atoms with Crippen LogP contribution in [0.4, 0.5) is 0 Å². The van der Waals surface area contributed by atoms with Crippen molar-refractivity contribution < 1.29 is 65.8 Å². The van der Waals surface area contributed by atoms with Crippen LogP contribution >= 0.6 is 0 Å². The van der Waals surface area contributed by atoms with E-state index >= 15 is 0 Å². The average molecular weight is 470 g/mol. The monoisotopic (exact) mass is 468 g/mol. The fraction of sp³-hybridized carbons (Fsp3) is 0.778. The zero-order chi connectivity index (χ0) is 21.4. The van der Waals surface area contributed by atoms with Crippen molar-refractivity contribution in [1.29, 1.82) is 0 Å². The molecule has 0 atom stereocenters. The SMILES string of the molecule is CCCC(=O)CC(=O)[O-].CCCC(=O)CC(=O)[O-].CCCO.CCCO.[Zr+2]. The number of hydrogen-bond acceptors (Lipinski definition) is 8. The van der Waals surface area contributed by atoms with Crippen molar-refractivity contribution >= 4 is 23.5 Å². The van der Waals surface area contributed by atoms with Crippen LogP contribution in [0.1, 0.15) is 79.1 Å². The predicted molar refractivity (Wildman–Crippen MR) is 93.8 cm³/mol. The first kappa shape index (κ1) is 36.9. The quantitative estimate of drug-likeness (QED) is 0.416. The zero-order valence-corrected chi connectivity index (χ0v) is 19.4. The van der Waals surface area contributed by atoms with Crippen LogP contribution in [0.5, 0.6) is 0 Å². The van der Waals surface area contributed by atoms with E-state index in [2.05, 4.69) is 0 Å². The van der Waals surface area contributed by atoms with Crippen LogP contribution in [0.15, 0.2) is 0 Å². The molecule has 0 aromatic carbocycles. The molecule has 0 aliphatic heterocycles. The number of rotatable bonds is 10. The van der Waals surface area contributed by atoms with Gasteiger partial charge in [0.25, 0.3) is 0 Å². The minimum absolute atomic E-state index is 0. The largest absolute Gasteiger partial charge is 2.00 e. The molecule has 2 N–H and O–H groups in total. The normalized spacial score (nSPS) is 8.22. The summed E-state index contributed by atoms with van der Waals surface area (Å²) < 4.78 is 0. The number of aliphatic hydroxyl groups excluding tert-OH is 2. The molecule has 0 aliphatic rings. The van der Waals surface area contributed by atoms with Gasteiger partial charge in [0.15, 0.2) is 0 Å². The molecule has 0 heterocycles. The molecule has 27 heavy (non-hydrogen) atoms. The third kappa shape index (κ3) is 58.7. The van der Waals surface area contributed by atoms with Crippen molar-refractivity contribution in [1.82, 2.24) is 0 Å². The van der Waals surface area contributed by atoms with Gasteiger partial charge in [-0.3, -0.25) is 9.59 Å². The van der Waals surface area contributed by atoms with E-state index in [9.17, 15) is 29.4 Å². The van der Waals surface area contributed by atoms with Gasteiger partial charge in [-0.15, -0.1) is 0 Å². The van der Waals surface area contributed by atoms with E-state index in [1.54, 1.807) is 0 Å². The molecule has 158 valence electrons. The molecule has 0 saturated carbocycles. The van der Waals surface area contributed by atoms with E-state index in [0.717, 1.165) is 12.8 Å². The molecule has 0 amide bonds. The Bertz CT molecular complexity index is 321. The Morgan fingerprint density at radius 1 is 0.630 bits per heavy atom. The number of ketones is 2. The molecule has 0 rings (SSSR count). The van der Waals surface area contributed by atoms with Crippen LogP contribution in [-0.4, -0.2) is 46.9 Å². The van der Waals surface area contributed by atoms with Gasteiger partial charge in [0.1, 0.15) is 11.6 Å². The van der Waals surface area contributed by atoms with Crippen molar-refractivity contribution in [3.63, 3.8) is 0 Å². The number of aliphatic carboxylic acids is 2. The van der Waals surface area contributed by atoms with Crippen LogP contribution in [0.3, 0.4) is 0 Å². The maximum Gasteiger partial charge on any atom is 2.00 e. The Morgan fingerprint density at radius 2 is 0.852 bits per heavy atom. The first-order chi connectivity index (χ1) is 12.2. The Labute approximate surface area is 181 Å². The van der Waals surface area contributed by atoms with Gasteiger partial charge in [0.2, 0.25) is 0 Å². The summed E-state index contributed by atoms with van der Waals surface area (Å²) in [4.78, 5) is 40.4. The van der Waals surface area contributed by atoms with Gasteiger partial charge in [0.05, 0.1) is 0 Å². The Balaban J connectivity index is -0.0000000843. The number of carboxylic acid groups (broad SMARTS) is 2. The standard InChI is InChI=1S/2C6H10O3.2C3H8O.Zr/c2*1-2-3-5(7)4-6(8)9;2*1-2-3-4;/h2*2-4H2,1H3,(H,8,9);2*4H,2-3H2,1H3;/q;;;;+2/p-2. The molecule has 0 spiro atoms. The summed E-state index contributed by atoms with van der Waals surface area (Å²) in [6, 6.07) is 0. The molecule has 0 aliphatic carbocycles. The fourth-order valence-corrected chi connectivity index (χ4v) is 1.06. The summed E-state index contributed by atoms with van der Waals surface area (Å²) in [6.07, 6.45) is 2.96. The molecule has 0 fully saturated rings. The Hall–Kier alpha value is -0.917. The molecule has 0 radical (unpaired) electrons.